The quantitative estimate of drug-likeness (QED) is 0.596. The highest BCUT2D eigenvalue weighted by molar-refractivity contribution is 6.09. The maximum absolute atomic E-state index is 13.3. The molecule has 4 rings (SSSR count). The molecule has 1 aromatic rings. The molecule has 0 radical (unpaired) electrons. The summed E-state index contributed by atoms with van der Waals surface area (Å²) in [5.74, 6) is -0.326. The first-order chi connectivity index (χ1) is 14.8. The van der Waals surface area contributed by atoms with E-state index in [-0.39, 0.29) is 23.1 Å². The molecule has 5 nitrogen and oxygen atoms in total. The summed E-state index contributed by atoms with van der Waals surface area (Å²) in [6.07, 6.45) is 6.14. The average molecular weight is 424 g/mol. The van der Waals surface area contributed by atoms with E-state index in [1.807, 2.05) is 31.2 Å². The van der Waals surface area contributed by atoms with Crippen molar-refractivity contribution in [3.63, 3.8) is 0 Å². The molecule has 3 aliphatic rings. The van der Waals surface area contributed by atoms with E-state index in [2.05, 4.69) is 13.8 Å². The van der Waals surface area contributed by atoms with Gasteiger partial charge in [-0.15, -0.1) is 0 Å². The molecule has 0 amide bonds. The number of ketones is 1. The number of aliphatic imine (C=N–C) groups is 1. The highest BCUT2D eigenvalue weighted by atomic mass is 16.5. The largest absolute Gasteiger partial charge is 0.490 e. The predicted octanol–water partition coefficient (Wildman–Crippen LogP) is 5.39. The molecular formula is C26H33NO4. The summed E-state index contributed by atoms with van der Waals surface area (Å²) >= 11 is 0. The molecule has 31 heavy (non-hydrogen) atoms. The molecule has 0 aromatic heterocycles. The Hall–Kier alpha value is -2.43. The van der Waals surface area contributed by atoms with Crippen LogP contribution in [0.25, 0.3) is 0 Å². The van der Waals surface area contributed by atoms with Crippen LogP contribution in [0.15, 0.2) is 40.5 Å². The van der Waals surface area contributed by atoms with E-state index in [0.29, 0.717) is 24.7 Å². The summed E-state index contributed by atoms with van der Waals surface area (Å²) in [6, 6.07) is 7.93. The molecule has 1 unspecified atom stereocenters. The number of benzene rings is 1. The summed E-state index contributed by atoms with van der Waals surface area (Å²) in [5.41, 5.74) is 3.05. The first-order valence-corrected chi connectivity index (χ1v) is 11.5. The molecule has 1 fully saturated rings. The number of hydrogen-bond donors (Lipinski definition) is 0. The van der Waals surface area contributed by atoms with Crippen LogP contribution in [0, 0.1) is 11.3 Å². The van der Waals surface area contributed by atoms with Crippen molar-refractivity contribution in [3.05, 3.63) is 41.1 Å². The van der Waals surface area contributed by atoms with Crippen LogP contribution < -0.4 is 4.74 Å². The normalized spacial score (nSPS) is 25.8. The Bertz CT molecular complexity index is 919. The van der Waals surface area contributed by atoms with Crippen molar-refractivity contribution in [2.24, 2.45) is 16.3 Å². The fourth-order valence-electron chi connectivity index (χ4n) is 5.29. The first kappa shape index (κ1) is 21.8. The van der Waals surface area contributed by atoms with Gasteiger partial charge in [-0.05, 0) is 69.1 Å². The van der Waals surface area contributed by atoms with Gasteiger partial charge in [0.2, 0.25) is 0 Å². The minimum Gasteiger partial charge on any atom is -0.490 e. The van der Waals surface area contributed by atoms with E-state index in [1.165, 1.54) is 12.8 Å². The van der Waals surface area contributed by atoms with Crippen LogP contribution in [0.2, 0.25) is 0 Å². The van der Waals surface area contributed by atoms with Gasteiger partial charge in [-0.25, -0.2) is 0 Å². The van der Waals surface area contributed by atoms with Gasteiger partial charge in [-0.3, -0.25) is 14.6 Å². The topological polar surface area (TPSA) is 65.0 Å². The van der Waals surface area contributed by atoms with Gasteiger partial charge in [-0.2, -0.15) is 0 Å². The molecule has 166 valence electrons. The van der Waals surface area contributed by atoms with E-state index in [0.717, 1.165) is 42.0 Å². The van der Waals surface area contributed by atoms with Crippen LogP contribution in [0.5, 0.6) is 5.75 Å². The Morgan fingerprint density at radius 2 is 1.81 bits per heavy atom. The van der Waals surface area contributed by atoms with Gasteiger partial charge in [-0.1, -0.05) is 26.0 Å². The van der Waals surface area contributed by atoms with Gasteiger partial charge in [0, 0.05) is 29.3 Å². The molecule has 2 atom stereocenters. The summed E-state index contributed by atoms with van der Waals surface area (Å²) in [6.45, 7) is 8.18. The molecule has 0 bridgehead atoms. The van der Waals surface area contributed by atoms with E-state index in [4.69, 9.17) is 14.5 Å². The number of ether oxygens (including phenoxy) is 2. The van der Waals surface area contributed by atoms with Crippen molar-refractivity contribution in [1.29, 1.82) is 0 Å². The number of carbonyl (C=O) groups is 2. The van der Waals surface area contributed by atoms with Crippen LogP contribution >= 0.6 is 0 Å². The van der Waals surface area contributed by atoms with Crippen molar-refractivity contribution >= 4 is 17.5 Å². The van der Waals surface area contributed by atoms with E-state index < -0.39 is 5.92 Å². The lowest BCUT2D eigenvalue weighted by Gasteiger charge is -2.39. The van der Waals surface area contributed by atoms with Crippen molar-refractivity contribution in [1.82, 2.24) is 0 Å². The predicted molar refractivity (Wildman–Crippen MR) is 120 cm³/mol. The number of hydrogen-bond acceptors (Lipinski definition) is 5. The third-order valence-corrected chi connectivity index (χ3v) is 6.69. The van der Waals surface area contributed by atoms with Crippen molar-refractivity contribution in [2.75, 3.05) is 6.61 Å². The second-order valence-electron chi connectivity index (χ2n) is 9.86. The maximum atomic E-state index is 13.3. The van der Waals surface area contributed by atoms with Crippen molar-refractivity contribution < 1.29 is 19.1 Å². The van der Waals surface area contributed by atoms with Crippen LogP contribution in [0.4, 0.5) is 0 Å². The zero-order valence-corrected chi connectivity index (χ0v) is 19.1. The fourth-order valence-corrected chi connectivity index (χ4v) is 5.29. The van der Waals surface area contributed by atoms with Crippen molar-refractivity contribution in [3.8, 4) is 5.75 Å². The standard InChI is InChI=1S/C26H33NO4/c1-5-30-25(29)22-16(2)27-20-14-26(3,4)15-21(28)24(20)23(22)17-10-12-19(13-11-17)31-18-8-6-7-9-18/h10-13,18,22-23H,5-9,14-15H2,1-4H3/t22?,23-/m0/s1. The summed E-state index contributed by atoms with van der Waals surface area (Å²) in [4.78, 5) is 30.9. The van der Waals surface area contributed by atoms with Gasteiger partial charge in [0.05, 0.1) is 12.7 Å². The van der Waals surface area contributed by atoms with Crippen LogP contribution in [-0.4, -0.2) is 30.2 Å². The first-order valence-electron chi connectivity index (χ1n) is 11.5. The zero-order valence-electron chi connectivity index (χ0n) is 19.1. The second-order valence-corrected chi connectivity index (χ2v) is 9.86. The Morgan fingerprint density at radius 1 is 1.13 bits per heavy atom. The number of carbonyl (C=O) groups excluding carboxylic acids is 2. The van der Waals surface area contributed by atoms with Gasteiger partial charge in [0.15, 0.2) is 5.78 Å². The van der Waals surface area contributed by atoms with E-state index in [9.17, 15) is 9.59 Å². The minimum absolute atomic E-state index is 0.0908. The summed E-state index contributed by atoms with van der Waals surface area (Å²) in [7, 11) is 0. The lowest BCUT2D eigenvalue weighted by Crippen LogP contribution is -2.39. The Labute approximate surface area is 184 Å². The van der Waals surface area contributed by atoms with Crippen LogP contribution in [0.1, 0.15) is 77.7 Å². The van der Waals surface area contributed by atoms with Gasteiger partial charge < -0.3 is 9.47 Å². The molecule has 2 aliphatic carbocycles. The summed E-state index contributed by atoms with van der Waals surface area (Å²) < 4.78 is 11.5. The van der Waals surface area contributed by atoms with E-state index >= 15 is 0 Å². The molecule has 1 aromatic carbocycles. The maximum Gasteiger partial charge on any atom is 0.315 e. The molecule has 5 heteroatoms. The number of allylic oxidation sites excluding steroid dienone is 2. The average Bonchev–Trinajstić information content (AvgIpc) is 3.19. The van der Waals surface area contributed by atoms with Gasteiger partial charge in [0.25, 0.3) is 0 Å². The summed E-state index contributed by atoms with van der Waals surface area (Å²) in [5, 5.41) is 0. The Balaban J connectivity index is 1.71. The SMILES string of the molecule is CCOC(=O)C1C(C)=NC2=C(C(=O)CC(C)(C)C2)[C@H]1c1ccc(OC2CCCC2)cc1. The lowest BCUT2D eigenvalue weighted by molar-refractivity contribution is -0.146. The molecule has 1 heterocycles. The second kappa shape index (κ2) is 8.60. The molecule has 0 spiro atoms. The fraction of sp³-hybridized carbons (Fsp3) is 0.577. The molecule has 0 N–H and O–H groups in total. The Morgan fingerprint density at radius 3 is 2.45 bits per heavy atom. The van der Waals surface area contributed by atoms with Gasteiger partial charge >= 0.3 is 5.97 Å². The monoisotopic (exact) mass is 423 g/mol. The smallest absolute Gasteiger partial charge is 0.315 e. The lowest BCUT2D eigenvalue weighted by atomic mass is 9.67. The number of nitrogens with zero attached hydrogens (tertiary/aromatic N) is 1. The molecule has 1 aliphatic heterocycles. The molecular weight excluding hydrogens is 390 g/mol. The zero-order chi connectivity index (χ0) is 22.2. The third-order valence-electron chi connectivity index (χ3n) is 6.69. The number of esters is 1. The number of rotatable bonds is 5. The van der Waals surface area contributed by atoms with Crippen LogP contribution in [0.3, 0.4) is 0 Å². The molecule has 0 saturated heterocycles. The van der Waals surface area contributed by atoms with Crippen LogP contribution in [-0.2, 0) is 14.3 Å². The third kappa shape index (κ3) is 4.46. The van der Waals surface area contributed by atoms with Crippen molar-refractivity contribution in [2.45, 2.75) is 78.2 Å². The molecule has 1 saturated carbocycles. The highest BCUT2D eigenvalue weighted by Gasteiger charge is 2.46. The van der Waals surface area contributed by atoms with E-state index in [1.54, 1.807) is 6.92 Å². The number of Topliss-reactive ketones (excluding diaryl/α,β-unsaturated/α-hetero) is 1. The highest BCUT2D eigenvalue weighted by Crippen LogP contribution is 2.48. The Kier molecular flexibility index (Phi) is 6.05. The van der Waals surface area contributed by atoms with Gasteiger partial charge in [0.1, 0.15) is 11.7 Å². The minimum atomic E-state index is -0.578.